The lowest BCUT2D eigenvalue weighted by atomic mass is 9.98. The first-order valence-corrected chi connectivity index (χ1v) is 6.85. The molecule has 2 aromatic rings. The molecule has 0 radical (unpaired) electrons. The van der Waals surface area contributed by atoms with Crippen molar-refractivity contribution in [1.29, 1.82) is 0 Å². The van der Waals surface area contributed by atoms with Gasteiger partial charge in [-0.15, -0.1) is 0 Å². The van der Waals surface area contributed by atoms with Crippen LogP contribution in [0.15, 0.2) is 42.6 Å². The van der Waals surface area contributed by atoms with E-state index in [4.69, 9.17) is 0 Å². The molecule has 100 valence electrons. The van der Waals surface area contributed by atoms with E-state index in [9.17, 15) is 4.79 Å². The molecule has 0 aliphatic heterocycles. The minimum absolute atomic E-state index is 0.135. The van der Waals surface area contributed by atoms with Crippen molar-refractivity contribution in [1.82, 2.24) is 9.78 Å². The highest BCUT2D eigenvalue weighted by Gasteiger charge is 2.13. The number of hydrogen-bond donors (Lipinski definition) is 0. The predicted octanol–water partition coefficient (Wildman–Crippen LogP) is 3.88. The molecule has 0 saturated heterocycles. The molecule has 3 heteroatoms. The second-order valence-electron chi connectivity index (χ2n) is 5.00. The predicted molar refractivity (Wildman–Crippen MR) is 76.6 cm³/mol. The number of nitrogens with zero attached hydrogens (tertiary/aromatic N) is 2. The van der Waals surface area contributed by atoms with Crippen LogP contribution in [-0.2, 0) is 0 Å². The monoisotopic (exact) mass is 256 g/mol. The highest BCUT2D eigenvalue weighted by Crippen LogP contribution is 2.14. The molecule has 1 unspecified atom stereocenters. The number of Topliss-reactive ketones (excluding diaryl/α,β-unsaturated/α-hetero) is 1. The van der Waals surface area contributed by atoms with Gasteiger partial charge in [0.25, 0.3) is 0 Å². The maximum Gasteiger partial charge on any atom is 0.183 e. The van der Waals surface area contributed by atoms with Crippen LogP contribution in [0, 0.1) is 5.92 Å². The molecule has 0 aliphatic carbocycles. The zero-order valence-corrected chi connectivity index (χ0v) is 11.5. The van der Waals surface area contributed by atoms with Crippen molar-refractivity contribution in [3.05, 3.63) is 48.3 Å². The van der Waals surface area contributed by atoms with E-state index < -0.39 is 0 Å². The van der Waals surface area contributed by atoms with Gasteiger partial charge in [-0.05, 0) is 24.1 Å². The number of hydrogen-bond acceptors (Lipinski definition) is 2. The Morgan fingerprint density at radius 3 is 2.68 bits per heavy atom. The lowest BCUT2D eigenvalue weighted by Gasteiger charge is -2.07. The molecular formula is C16H20N2O. The molecule has 1 aromatic heterocycles. The van der Waals surface area contributed by atoms with Crippen molar-refractivity contribution in [2.75, 3.05) is 0 Å². The Balaban J connectivity index is 2.07. The van der Waals surface area contributed by atoms with E-state index in [-0.39, 0.29) is 5.78 Å². The van der Waals surface area contributed by atoms with E-state index in [1.165, 1.54) is 0 Å². The molecule has 1 atom stereocenters. The van der Waals surface area contributed by atoms with E-state index in [1.54, 1.807) is 10.7 Å². The van der Waals surface area contributed by atoms with Crippen molar-refractivity contribution >= 4 is 5.78 Å². The summed E-state index contributed by atoms with van der Waals surface area (Å²) in [6.45, 7) is 4.26. The summed E-state index contributed by atoms with van der Waals surface area (Å²) in [7, 11) is 0. The molecule has 2 rings (SSSR count). The highest BCUT2D eigenvalue weighted by molar-refractivity contribution is 5.94. The molecular weight excluding hydrogens is 236 g/mol. The summed E-state index contributed by atoms with van der Waals surface area (Å²) in [6, 6.07) is 11.6. The van der Waals surface area contributed by atoms with Crippen LogP contribution in [0.25, 0.3) is 5.69 Å². The zero-order valence-electron chi connectivity index (χ0n) is 11.5. The van der Waals surface area contributed by atoms with E-state index in [0.717, 1.165) is 18.5 Å². The number of ketones is 1. The molecule has 0 aliphatic rings. The second kappa shape index (κ2) is 6.32. The van der Waals surface area contributed by atoms with Crippen molar-refractivity contribution < 1.29 is 4.79 Å². The fourth-order valence-electron chi connectivity index (χ4n) is 2.21. The van der Waals surface area contributed by atoms with E-state index in [2.05, 4.69) is 18.9 Å². The Hall–Kier alpha value is -1.90. The van der Waals surface area contributed by atoms with Crippen LogP contribution < -0.4 is 0 Å². The third-order valence-electron chi connectivity index (χ3n) is 3.21. The topological polar surface area (TPSA) is 34.9 Å². The summed E-state index contributed by atoms with van der Waals surface area (Å²) >= 11 is 0. The van der Waals surface area contributed by atoms with Gasteiger partial charge in [-0.25, -0.2) is 4.68 Å². The fourth-order valence-corrected chi connectivity index (χ4v) is 2.21. The summed E-state index contributed by atoms with van der Waals surface area (Å²) in [4.78, 5) is 12.1. The van der Waals surface area contributed by atoms with E-state index >= 15 is 0 Å². The molecule has 19 heavy (non-hydrogen) atoms. The summed E-state index contributed by atoms with van der Waals surface area (Å²) in [5.74, 6) is 0.565. The maximum absolute atomic E-state index is 12.1. The first-order chi connectivity index (χ1) is 9.20. The molecule has 0 amide bonds. The average Bonchev–Trinajstić information content (AvgIpc) is 2.89. The summed E-state index contributed by atoms with van der Waals surface area (Å²) in [6.07, 6.45) is 4.63. The second-order valence-corrected chi connectivity index (χ2v) is 5.00. The van der Waals surface area contributed by atoms with Gasteiger partial charge in [0.2, 0.25) is 0 Å². The van der Waals surface area contributed by atoms with Gasteiger partial charge in [-0.1, -0.05) is 44.9 Å². The smallest absolute Gasteiger partial charge is 0.183 e. The number of para-hydroxylation sites is 1. The van der Waals surface area contributed by atoms with Gasteiger partial charge in [0.1, 0.15) is 5.69 Å². The Morgan fingerprint density at radius 2 is 2.00 bits per heavy atom. The molecule has 0 N–H and O–H groups in total. The van der Waals surface area contributed by atoms with Crippen molar-refractivity contribution in [3.8, 4) is 5.69 Å². The molecule has 0 spiro atoms. The quantitative estimate of drug-likeness (QED) is 0.735. The lowest BCUT2D eigenvalue weighted by molar-refractivity contribution is 0.0957. The Bertz CT molecular complexity index is 531. The van der Waals surface area contributed by atoms with Crippen LogP contribution in [0.4, 0.5) is 0 Å². The number of aromatic nitrogens is 2. The summed E-state index contributed by atoms with van der Waals surface area (Å²) < 4.78 is 1.75. The van der Waals surface area contributed by atoms with Crippen molar-refractivity contribution in [2.24, 2.45) is 5.92 Å². The van der Waals surface area contributed by atoms with Crippen LogP contribution in [0.5, 0.6) is 0 Å². The van der Waals surface area contributed by atoms with E-state index in [1.807, 2.05) is 36.5 Å². The highest BCUT2D eigenvalue weighted by atomic mass is 16.1. The van der Waals surface area contributed by atoms with Gasteiger partial charge < -0.3 is 0 Å². The van der Waals surface area contributed by atoms with Crippen LogP contribution >= 0.6 is 0 Å². The molecule has 0 saturated carbocycles. The van der Waals surface area contributed by atoms with E-state index in [0.29, 0.717) is 18.0 Å². The van der Waals surface area contributed by atoms with Crippen molar-refractivity contribution in [2.45, 2.75) is 33.1 Å². The number of carbonyl (C=O) groups excluding carboxylic acids is 1. The van der Waals surface area contributed by atoms with Gasteiger partial charge in [-0.3, -0.25) is 4.79 Å². The Morgan fingerprint density at radius 1 is 1.26 bits per heavy atom. The summed E-state index contributed by atoms with van der Waals surface area (Å²) in [5.41, 5.74) is 1.54. The van der Waals surface area contributed by atoms with Gasteiger partial charge in [0, 0.05) is 12.6 Å². The normalized spacial score (nSPS) is 12.3. The van der Waals surface area contributed by atoms with Crippen LogP contribution in [0.1, 0.15) is 43.6 Å². The molecule has 3 nitrogen and oxygen atoms in total. The number of carbonyl (C=O) groups is 1. The minimum Gasteiger partial charge on any atom is -0.292 e. The maximum atomic E-state index is 12.1. The molecule has 0 bridgehead atoms. The summed E-state index contributed by atoms with van der Waals surface area (Å²) in [5, 5.41) is 4.36. The largest absolute Gasteiger partial charge is 0.292 e. The zero-order chi connectivity index (χ0) is 13.7. The fraction of sp³-hybridized carbons (Fsp3) is 0.375. The SMILES string of the molecule is CCCC(C)CC(=O)c1ccn(-c2ccccc2)n1. The molecule has 1 heterocycles. The Kier molecular flexibility index (Phi) is 4.50. The number of benzene rings is 1. The van der Waals surface area contributed by atoms with Crippen molar-refractivity contribution in [3.63, 3.8) is 0 Å². The third-order valence-corrected chi connectivity index (χ3v) is 3.21. The third kappa shape index (κ3) is 3.53. The Labute approximate surface area is 114 Å². The van der Waals surface area contributed by atoms with Gasteiger partial charge >= 0.3 is 0 Å². The number of rotatable bonds is 6. The first kappa shape index (κ1) is 13.5. The first-order valence-electron chi connectivity index (χ1n) is 6.85. The van der Waals surface area contributed by atoms with Gasteiger partial charge in [0.05, 0.1) is 5.69 Å². The lowest BCUT2D eigenvalue weighted by Crippen LogP contribution is -2.07. The van der Waals surface area contributed by atoms with Crippen LogP contribution in [0.2, 0.25) is 0 Å². The average molecular weight is 256 g/mol. The molecule has 1 aromatic carbocycles. The van der Waals surface area contributed by atoms with Crippen LogP contribution in [-0.4, -0.2) is 15.6 Å². The molecule has 0 fully saturated rings. The standard InChI is InChI=1S/C16H20N2O/c1-3-7-13(2)12-16(19)15-10-11-18(17-15)14-8-5-4-6-9-14/h4-6,8-11,13H,3,7,12H2,1-2H3. The van der Waals surface area contributed by atoms with Crippen LogP contribution in [0.3, 0.4) is 0 Å². The van der Waals surface area contributed by atoms with Gasteiger partial charge in [-0.2, -0.15) is 5.10 Å². The minimum atomic E-state index is 0.135. The van der Waals surface area contributed by atoms with Gasteiger partial charge in [0.15, 0.2) is 5.78 Å².